The topological polar surface area (TPSA) is 46.5 Å². The molecule has 2 aliphatic rings. The fourth-order valence-electron chi connectivity index (χ4n) is 5.49. The van der Waals surface area contributed by atoms with Crippen LogP contribution >= 0.6 is 0 Å². The molecule has 1 radical (unpaired) electrons. The summed E-state index contributed by atoms with van der Waals surface area (Å²) >= 11 is 0. The van der Waals surface area contributed by atoms with Gasteiger partial charge in [0.05, 0.1) is 5.56 Å². The highest BCUT2D eigenvalue weighted by Gasteiger charge is 2.26. The molecule has 2 aromatic carbocycles. The van der Waals surface area contributed by atoms with Gasteiger partial charge in [-0.3, -0.25) is 0 Å². The Hall–Kier alpha value is -3.27. The van der Waals surface area contributed by atoms with E-state index in [1.807, 2.05) is 19.4 Å². The van der Waals surface area contributed by atoms with Crippen molar-refractivity contribution in [3.63, 3.8) is 0 Å². The third-order valence-electron chi connectivity index (χ3n) is 7.37. The number of allylic oxidation sites excluding steroid dienone is 7. The maximum atomic E-state index is 11.8. The van der Waals surface area contributed by atoms with E-state index in [0.29, 0.717) is 11.5 Å². The summed E-state index contributed by atoms with van der Waals surface area (Å²) in [6.45, 7) is 10.9. The molecule has 4 rings (SSSR count). The molecule has 1 N–H and O–H groups in total. The van der Waals surface area contributed by atoms with Crippen molar-refractivity contribution in [3.8, 4) is 5.75 Å². The van der Waals surface area contributed by atoms with E-state index in [4.69, 9.17) is 4.74 Å². The molecular weight excluding hydrogens is 455 g/mol. The van der Waals surface area contributed by atoms with Crippen molar-refractivity contribution in [2.24, 2.45) is 5.92 Å². The van der Waals surface area contributed by atoms with E-state index in [1.54, 1.807) is 12.1 Å². The number of fused-ring (bicyclic) bond motifs is 1. The third kappa shape index (κ3) is 6.18. The van der Waals surface area contributed by atoms with Crippen molar-refractivity contribution >= 4 is 24.3 Å². The predicted octanol–water partition coefficient (Wildman–Crippen LogP) is 7.94. The largest absolute Gasteiger partial charge is 0.478 e. The highest BCUT2D eigenvalue weighted by Crippen LogP contribution is 2.43. The van der Waals surface area contributed by atoms with E-state index in [2.05, 4.69) is 71.1 Å². The zero-order chi connectivity index (χ0) is 26.5. The number of rotatable bonds is 7. The summed E-state index contributed by atoms with van der Waals surface area (Å²) in [4.78, 5) is 11.8. The van der Waals surface area contributed by atoms with Crippen LogP contribution in [0.2, 0.25) is 0 Å². The van der Waals surface area contributed by atoms with Gasteiger partial charge in [-0.25, -0.2) is 4.79 Å². The van der Waals surface area contributed by atoms with Crippen molar-refractivity contribution in [1.82, 2.24) is 0 Å². The van der Waals surface area contributed by atoms with Gasteiger partial charge in [-0.05, 0) is 98.2 Å². The highest BCUT2D eigenvalue weighted by atomic mass is 16.5. The molecule has 3 nitrogen and oxygen atoms in total. The second kappa shape index (κ2) is 11.9. The molecule has 2 aromatic rings. The zero-order valence-corrected chi connectivity index (χ0v) is 22.8. The Kier molecular flexibility index (Phi) is 8.58. The van der Waals surface area contributed by atoms with Gasteiger partial charge in [0.15, 0.2) is 7.28 Å². The first-order valence-corrected chi connectivity index (χ1v) is 13.6. The van der Waals surface area contributed by atoms with E-state index in [1.165, 1.54) is 29.6 Å². The Morgan fingerprint density at radius 3 is 2.70 bits per heavy atom. The van der Waals surface area contributed by atoms with E-state index in [-0.39, 0.29) is 5.82 Å². The average Bonchev–Trinajstić information content (AvgIpc) is 2.86. The maximum absolute atomic E-state index is 11.8. The van der Waals surface area contributed by atoms with Crippen molar-refractivity contribution < 1.29 is 14.6 Å². The normalized spacial score (nSPS) is 22.2. The minimum Gasteiger partial charge on any atom is -0.478 e. The number of hydrogen-bond acceptors (Lipinski definition) is 2. The maximum Gasteiger partial charge on any atom is 0.335 e. The fourth-order valence-corrected chi connectivity index (χ4v) is 5.49. The fraction of sp³-hybridized carbons (Fsp3) is 0.364. The van der Waals surface area contributed by atoms with E-state index in [0.717, 1.165) is 52.9 Å². The summed E-state index contributed by atoms with van der Waals surface area (Å²) < 4.78 is 6.76. The molecular formula is C33H38BO3. The summed E-state index contributed by atoms with van der Waals surface area (Å²) in [5.41, 5.74) is 8.13. The molecule has 4 heteroatoms. The minimum absolute atomic E-state index is 0.0327. The van der Waals surface area contributed by atoms with Gasteiger partial charge in [-0.2, -0.15) is 0 Å². The lowest BCUT2D eigenvalue weighted by Gasteiger charge is -2.28. The van der Waals surface area contributed by atoms with E-state index >= 15 is 0 Å². The van der Waals surface area contributed by atoms with Crippen LogP contribution in [-0.2, 0) is 0 Å². The van der Waals surface area contributed by atoms with Gasteiger partial charge in [-0.1, -0.05) is 74.3 Å². The number of carbonyl (C=O) groups is 1. The third-order valence-corrected chi connectivity index (χ3v) is 7.37. The molecule has 0 saturated heterocycles. The van der Waals surface area contributed by atoms with Crippen LogP contribution < -0.4 is 10.2 Å². The van der Waals surface area contributed by atoms with Crippen LogP contribution in [0.15, 0.2) is 77.6 Å². The Morgan fingerprint density at radius 2 is 1.97 bits per heavy atom. The van der Waals surface area contributed by atoms with Crippen LogP contribution in [0.5, 0.6) is 5.75 Å². The second-order valence-electron chi connectivity index (χ2n) is 10.4. The van der Waals surface area contributed by atoms with Crippen molar-refractivity contribution in [2.75, 3.05) is 0 Å². The Labute approximate surface area is 222 Å². The number of ether oxygens (including phenoxy) is 1. The molecule has 0 aromatic heterocycles. The molecule has 0 amide bonds. The van der Waals surface area contributed by atoms with E-state index in [9.17, 15) is 9.90 Å². The molecule has 2 unspecified atom stereocenters. The first-order valence-electron chi connectivity index (χ1n) is 13.6. The SMILES string of the molecule is CC/C=C1C=C(/C2=C/C(C)=C\C(CC)CCC2)Oc2c/1cc(C)cc2C(C)[B]c1ccccc1C(=O)O. The quantitative estimate of drug-likeness (QED) is 0.399. The predicted molar refractivity (Wildman–Crippen MR) is 155 cm³/mol. The molecule has 2 atom stereocenters. The molecule has 1 aliphatic heterocycles. The molecule has 0 fully saturated rings. The first kappa shape index (κ1) is 26.8. The minimum atomic E-state index is -0.912. The van der Waals surface area contributed by atoms with Gasteiger partial charge >= 0.3 is 5.97 Å². The molecule has 0 bridgehead atoms. The van der Waals surface area contributed by atoms with Gasteiger partial charge in [0.2, 0.25) is 0 Å². The Balaban J connectivity index is 1.76. The summed E-state index contributed by atoms with van der Waals surface area (Å²) in [7, 11) is 2.04. The van der Waals surface area contributed by atoms with Crippen LogP contribution in [0, 0.1) is 12.8 Å². The van der Waals surface area contributed by atoms with Crippen LogP contribution in [0.4, 0.5) is 0 Å². The van der Waals surface area contributed by atoms with Crippen LogP contribution in [-0.4, -0.2) is 18.4 Å². The molecule has 0 saturated carbocycles. The summed E-state index contributed by atoms with van der Waals surface area (Å²) in [5, 5.41) is 9.68. The summed E-state index contributed by atoms with van der Waals surface area (Å²) in [6, 6.07) is 11.6. The monoisotopic (exact) mass is 493 g/mol. The lowest BCUT2D eigenvalue weighted by molar-refractivity contribution is 0.0698. The number of carboxylic acids is 1. The standard InChI is InChI=1S/C33H38BO3/c1-6-11-25-20-31(26-13-10-12-24(7-2)16-21(3)17-26)37-32-28(18-22(4)19-29(25)32)23(5)34-30-15-9-8-14-27(30)33(35)36/h8-9,11,14-20,23-24H,6-7,10,12-13H2,1-5H3,(H,35,36)/b21-16-,25-11-,26-17+. The highest BCUT2D eigenvalue weighted by molar-refractivity contribution is 6.56. The first-order chi connectivity index (χ1) is 17.8. The molecule has 37 heavy (non-hydrogen) atoms. The number of aryl methyl sites for hydroxylation is 1. The second-order valence-corrected chi connectivity index (χ2v) is 10.4. The Morgan fingerprint density at radius 1 is 1.19 bits per heavy atom. The van der Waals surface area contributed by atoms with Gasteiger partial charge in [0.1, 0.15) is 11.5 Å². The van der Waals surface area contributed by atoms with Crippen molar-refractivity contribution in [1.29, 1.82) is 0 Å². The lowest BCUT2D eigenvalue weighted by atomic mass is 9.56. The number of carboxylic acid groups (broad SMARTS) is 1. The number of benzene rings is 2. The van der Waals surface area contributed by atoms with Gasteiger partial charge < -0.3 is 9.84 Å². The van der Waals surface area contributed by atoms with E-state index < -0.39 is 5.97 Å². The van der Waals surface area contributed by atoms with Gasteiger partial charge in [-0.15, -0.1) is 0 Å². The number of hydrogen-bond donors (Lipinski definition) is 1. The van der Waals surface area contributed by atoms with Crippen molar-refractivity contribution in [3.05, 3.63) is 99.9 Å². The van der Waals surface area contributed by atoms with Crippen LogP contribution in [0.3, 0.4) is 0 Å². The summed E-state index contributed by atoms with van der Waals surface area (Å²) in [5.74, 6) is 1.52. The van der Waals surface area contributed by atoms with Gasteiger partial charge in [0, 0.05) is 5.56 Å². The average molecular weight is 493 g/mol. The summed E-state index contributed by atoms with van der Waals surface area (Å²) in [6.07, 6.45) is 14.7. The van der Waals surface area contributed by atoms with Gasteiger partial charge in [0.25, 0.3) is 0 Å². The smallest absolute Gasteiger partial charge is 0.335 e. The van der Waals surface area contributed by atoms with Crippen LogP contribution in [0.1, 0.15) is 92.7 Å². The van der Waals surface area contributed by atoms with Crippen molar-refractivity contribution in [2.45, 2.75) is 72.5 Å². The molecule has 1 aliphatic carbocycles. The Bertz CT molecular complexity index is 1290. The molecule has 0 spiro atoms. The number of aromatic carboxylic acids is 1. The molecule has 191 valence electrons. The lowest BCUT2D eigenvalue weighted by Crippen LogP contribution is -2.27. The van der Waals surface area contributed by atoms with Crippen LogP contribution in [0.25, 0.3) is 5.57 Å². The zero-order valence-electron chi connectivity index (χ0n) is 22.8. The molecule has 1 heterocycles.